The van der Waals surface area contributed by atoms with Crippen LogP contribution in [0.3, 0.4) is 0 Å². The summed E-state index contributed by atoms with van der Waals surface area (Å²) >= 11 is 7.18. The molecule has 1 aliphatic rings. The Labute approximate surface area is 184 Å². The monoisotopic (exact) mass is 446 g/mol. The van der Waals surface area contributed by atoms with E-state index < -0.39 is 5.97 Å². The van der Waals surface area contributed by atoms with Gasteiger partial charge in [0.1, 0.15) is 0 Å². The predicted octanol–water partition coefficient (Wildman–Crippen LogP) is 5.29. The summed E-state index contributed by atoms with van der Waals surface area (Å²) in [7, 11) is 0. The van der Waals surface area contributed by atoms with E-state index in [0.29, 0.717) is 5.69 Å². The smallest absolute Gasteiger partial charge is 0.337 e. The zero-order valence-electron chi connectivity index (χ0n) is 16.3. The number of carbonyl (C=O) groups excluding carboxylic acids is 2. The molecule has 3 N–H and O–H groups in total. The van der Waals surface area contributed by atoms with Gasteiger partial charge in [0.15, 0.2) is 0 Å². The molecule has 1 aliphatic carbocycles. The molecule has 0 radical (unpaired) electrons. The normalized spacial score (nSPS) is 14.2. The first kappa shape index (κ1) is 22.2. The molecule has 0 saturated heterocycles. The molecule has 0 bridgehead atoms. The third-order valence-electron chi connectivity index (χ3n) is 4.95. The lowest BCUT2D eigenvalue weighted by Crippen LogP contribution is -2.24. The highest BCUT2D eigenvalue weighted by atomic mass is 35.5. The molecule has 0 spiro atoms. The average molecular weight is 447 g/mol. The van der Waals surface area contributed by atoms with Crippen molar-refractivity contribution in [2.24, 2.45) is 5.92 Å². The van der Waals surface area contributed by atoms with Crippen molar-refractivity contribution in [2.45, 2.75) is 37.0 Å². The lowest BCUT2D eigenvalue weighted by Gasteiger charge is -2.20. The van der Waals surface area contributed by atoms with Crippen molar-refractivity contribution < 1.29 is 19.5 Å². The van der Waals surface area contributed by atoms with Crippen LogP contribution in [0.2, 0.25) is 5.02 Å². The van der Waals surface area contributed by atoms with Crippen LogP contribution in [-0.4, -0.2) is 28.6 Å². The van der Waals surface area contributed by atoms with Gasteiger partial charge in [0, 0.05) is 22.2 Å². The summed E-state index contributed by atoms with van der Waals surface area (Å²) in [5.41, 5.74) is 1.07. The second-order valence-electron chi connectivity index (χ2n) is 7.19. The summed E-state index contributed by atoms with van der Waals surface area (Å²) in [5, 5.41) is 14.9. The first-order valence-corrected chi connectivity index (χ1v) is 11.1. The Morgan fingerprint density at radius 3 is 2.30 bits per heavy atom. The maximum Gasteiger partial charge on any atom is 0.337 e. The lowest BCUT2D eigenvalue weighted by atomic mass is 9.88. The number of carbonyl (C=O) groups is 3. The van der Waals surface area contributed by atoms with E-state index in [-0.39, 0.29) is 34.1 Å². The van der Waals surface area contributed by atoms with Crippen molar-refractivity contribution in [3.63, 3.8) is 0 Å². The van der Waals surface area contributed by atoms with Gasteiger partial charge < -0.3 is 15.7 Å². The largest absolute Gasteiger partial charge is 0.478 e. The number of halogens is 1. The van der Waals surface area contributed by atoms with Crippen LogP contribution in [0.4, 0.5) is 11.4 Å². The second kappa shape index (κ2) is 10.5. The molecule has 2 aromatic rings. The first-order chi connectivity index (χ1) is 14.4. The SMILES string of the molecule is O=C(CSc1ccc(NC(=O)C2CCCCC2)cc1)Nc1ccc(Cl)c(C(=O)O)c1. The average Bonchev–Trinajstić information content (AvgIpc) is 2.75. The number of hydrogen-bond acceptors (Lipinski definition) is 4. The predicted molar refractivity (Wildman–Crippen MR) is 119 cm³/mol. The lowest BCUT2D eigenvalue weighted by molar-refractivity contribution is -0.120. The Morgan fingerprint density at radius 1 is 0.967 bits per heavy atom. The van der Waals surface area contributed by atoms with E-state index in [1.807, 2.05) is 24.3 Å². The van der Waals surface area contributed by atoms with Crippen LogP contribution in [0.1, 0.15) is 42.5 Å². The molecule has 0 atom stereocenters. The maximum absolute atomic E-state index is 12.3. The van der Waals surface area contributed by atoms with Gasteiger partial charge in [-0.2, -0.15) is 0 Å². The number of nitrogens with one attached hydrogen (secondary N) is 2. The van der Waals surface area contributed by atoms with Crippen LogP contribution in [0.25, 0.3) is 0 Å². The highest BCUT2D eigenvalue weighted by Crippen LogP contribution is 2.26. The molecule has 1 fully saturated rings. The Morgan fingerprint density at radius 2 is 1.63 bits per heavy atom. The van der Waals surface area contributed by atoms with E-state index >= 15 is 0 Å². The molecule has 0 heterocycles. The van der Waals surface area contributed by atoms with E-state index in [0.717, 1.165) is 36.3 Å². The van der Waals surface area contributed by atoms with Crippen LogP contribution in [0.15, 0.2) is 47.4 Å². The minimum Gasteiger partial charge on any atom is -0.478 e. The molecular weight excluding hydrogens is 424 g/mol. The van der Waals surface area contributed by atoms with Crippen LogP contribution in [0, 0.1) is 5.92 Å². The van der Waals surface area contributed by atoms with Gasteiger partial charge in [0.05, 0.1) is 16.3 Å². The summed E-state index contributed by atoms with van der Waals surface area (Å²) in [6, 6.07) is 11.7. The van der Waals surface area contributed by atoms with Crippen molar-refractivity contribution in [1.29, 1.82) is 0 Å². The Balaban J connectivity index is 1.48. The molecule has 8 heteroatoms. The number of aromatic carboxylic acids is 1. The molecular formula is C22H23ClN2O4S. The second-order valence-corrected chi connectivity index (χ2v) is 8.64. The fourth-order valence-electron chi connectivity index (χ4n) is 3.36. The number of carboxylic acids is 1. The van der Waals surface area contributed by atoms with Crippen LogP contribution < -0.4 is 10.6 Å². The number of carboxylic acid groups (broad SMARTS) is 1. The minimum absolute atomic E-state index is 0.0621. The summed E-state index contributed by atoms with van der Waals surface area (Å²) < 4.78 is 0. The van der Waals surface area contributed by atoms with Gasteiger partial charge in [0.2, 0.25) is 11.8 Å². The van der Waals surface area contributed by atoms with E-state index in [1.165, 1.54) is 30.3 Å². The number of thioether (sulfide) groups is 1. The number of hydrogen-bond donors (Lipinski definition) is 3. The fraction of sp³-hybridized carbons (Fsp3) is 0.318. The Bertz CT molecular complexity index is 927. The number of benzene rings is 2. The molecule has 2 amide bonds. The molecule has 0 unspecified atom stereocenters. The maximum atomic E-state index is 12.3. The van der Waals surface area contributed by atoms with Crippen LogP contribution in [-0.2, 0) is 9.59 Å². The number of rotatable bonds is 7. The minimum atomic E-state index is -1.15. The topological polar surface area (TPSA) is 95.5 Å². The van der Waals surface area contributed by atoms with E-state index in [2.05, 4.69) is 10.6 Å². The van der Waals surface area contributed by atoms with Gasteiger partial charge >= 0.3 is 5.97 Å². The van der Waals surface area contributed by atoms with Gasteiger partial charge in [-0.05, 0) is 55.3 Å². The third kappa shape index (κ3) is 6.24. The molecule has 1 saturated carbocycles. The van der Waals surface area contributed by atoms with Gasteiger partial charge in [-0.25, -0.2) is 4.79 Å². The molecule has 3 rings (SSSR count). The summed E-state index contributed by atoms with van der Waals surface area (Å²) in [6.45, 7) is 0. The quantitative estimate of drug-likeness (QED) is 0.502. The molecule has 158 valence electrons. The zero-order chi connectivity index (χ0) is 21.5. The van der Waals surface area contributed by atoms with Crippen LogP contribution in [0.5, 0.6) is 0 Å². The Hall–Kier alpha value is -2.51. The van der Waals surface area contributed by atoms with E-state index in [4.69, 9.17) is 16.7 Å². The summed E-state index contributed by atoms with van der Waals surface area (Å²) in [4.78, 5) is 36.5. The number of amides is 2. The van der Waals surface area contributed by atoms with Gasteiger partial charge in [0.25, 0.3) is 0 Å². The molecule has 30 heavy (non-hydrogen) atoms. The zero-order valence-corrected chi connectivity index (χ0v) is 17.9. The van der Waals surface area contributed by atoms with E-state index in [9.17, 15) is 14.4 Å². The number of anilines is 2. The van der Waals surface area contributed by atoms with Crippen molar-refractivity contribution >= 4 is 52.5 Å². The van der Waals surface area contributed by atoms with Crippen molar-refractivity contribution in [2.75, 3.05) is 16.4 Å². The van der Waals surface area contributed by atoms with Crippen molar-refractivity contribution in [3.05, 3.63) is 53.1 Å². The summed E-state index contributed by atoms with van der Waals surface area (Å²) in [5.74, 6) is -1.06. The van der Waals surface area contributed by atoms with Gasteiger partial charge in [-0.15, -0.1) is 11.8 Å². The van der Waals surface area contributed by atoms with Gasteiger partial charge in [-0.1, -0.05) is 30.9 Å². The van der Waals surface area contributed by atoms with Crippen LogP contribution >= 0.6 is 23.4 Å². The highest BCUT2D eigenvalue weighted by molar-refractivity contribution is 8.00. The first-order valence-electron chi connectivity index (χ1n) is 9.79. The summed E-state index contributed by atoms with van der Waals surface area (Å²) in [6.07, 6.45) is 5.35. The molecule has 6 nitrogen and oxygen atoms in total. The third-order valence-corrected chi connectivity index (χ3v) is 6.29. The standard InChI is InChI=1S/C22H23ClN2O4S/c23-19-11-8-16(12-18(19)22(28)29)24-20(26)13-30-17-9-6-15(7-10-17)25-21(27)14-4-2-1-3-5-14/h6-12,14H,1-5,13H2,(H,24,26)(H,25,27)(H,28,29). The molecule has 0 aromatic heterocycles. The van der Waals surface area contributed by atoms with Gasteiger partial charge in [-0.3, -0.25) is 9.59 Å². The van der Waals surface area contributed by atoms with Crippen molar-refractivity contribution in [1.82, 2.24) is 0 Å². The Kier molecular flexibility index (Phi) is 7.76. The fourth-order valence-corrected chi connectivity index (χ4v) is 4.25. The van der Waals surface area contributed by atoms with Crippen molar-refractivity contribution in [3.8, 4) is 0 Å². The molecule has 2 aromatic carbocycles. The molecule has 0 aliphatic heterocycles. The highest BCUT2D eigenvalue weighted by Gasteiger charge is 2.21. The van der Waals surface area contributed by atoms with E-state index in [1.54, 1.807) is 6.07 Å².